The van der Waals surface area contributed by atoms with Gasteiger partial charge < -0.3 is 63.8 Å². The van der Waals surface area contributed by atoms with Gasteiger partial charge in [0.25, 0.3) is 0 Å². The lowest BCUT2D eigenvalue weighted by Gasteiger charge is -2.66. The normalized spacial score (nSPS) is 51.1. The van der Waals surface area contributed by atoms with Gasteiger partial charge in [0, 0.05) is 33.7 Å². The van der Waals surface area contributed by atoms with Crippen molar-refractivity contribution >= 4 is 0 Å². The van der Waals surface area contributed by atoms with Gasteiger partial charge in [0.2, 0.25) is 0 Å². The summed E-state index contributed by atoms with van der Waals surface area (Å²) in [5.41, 5.74) is -1.75. The molecule has 308 valence electrons. The van der Waals surface area contributed by atoms with Crippen LogP contribution in [-0.2, 0) is 33.2 Å². The van der Waals surface area contributed by atoms with E-state index in [9.17, 15) is 30.6 Å². The maximum atomic E-state index is 12.7. The highest BCUT2D eigenvalue weighted by Crippen LogP contribution is 2.69. The Morgan fingerprint density at radius 1 is 0.811 bits per heavy atom. The van der Waals surface area contributed by atoms with Crippen LogP contribution in [0, 0.1) is 46.3 Å². The summed E-state index contributed by atoms with van der Waals surface area (Å²) in [5.74, 6) is 0.0898. The molecule has 13 heteroatoms. The average Bonchev–Trinajstić information content (AvgIpc) is 3.59. The second-order valence-electron chi connectivity index (χ2n) is 18.5. The second kappa shape index (κ2) is 16.4. The van der Waals surface area contributed by atoms with Gasteiger partial charge in [0.15, 0.2) is 12.6 Å². The van der Waals surface area contributed by atoms with Crippen molar-refractivity contribution in [2.45, 2.75) is 172 Å². The molecule has 0 radical (unpaired) electrons. The number of hydrogen-bond acceptors (Lipinski definition) is 13. The maximum absolute atomic E-state index is 12.7. The molecule has 0 bridgehead atoms. The van der Waals surface area contributed by atoms with Crippen molar-refractivity contribution < 1.29 is 63.8 Å². The van der Waals surface area contributed by atoms with Crippen LogP contribution in [0.4, 0.5) is 0 Å². The van der Waals surface area contributed by atoms with Crippen molar-refractivity contribution in [3.63, 3.8) is 0 Å². The van der Waals surface area contributed by atoms with E-state index in [2.05, 4.69) is 34.6 Å². The molecule has 20 atom stereocenters. The molecule has 6 N–H and O–H groups in total. The first-order chi connectivity index (χ1) is 25.1. The minimum atomic E-state index is -1.17. The van der Waals surface area contributed by atoms with Crippen molar-refractivity contribution in [2.24, 2.45) is 46.3 Å². The van der Waals surface area contributed by atoms with E-state index in [1.165, 1.54) is 21.3 Å². The summed E-state index contributed by atoms with van der Waals surface area (Å²) >= 11 is 0. The molecule has 6 fully saturated rings. The van der Waals surface area contributed by atoms with Crippen LogP contribution in [0.2, 0.25) is 0 Å². The highest BCUT2D eigenvalue weighted by molar-refractivity contribution is 5.20. The molecule has 0 amide bonds. The fourth-order valence-corrected chi connectivity index (χ4v) is 12.6. The Morgan fingerprint density at radius 3 is 2.15 bits per heavy atom. The number of ether oxygens (including phenoxy) is 7. The fourth-order valence-electron chi connectivity index (χ4n) is 12.6. The molecule has 0 aromatic heterocycles. The topological polar surface area (TPSA) is 186 Å². The number of rotatable bonds is 13. The lowest BCUT2D eigenvalue weighted by molar-refractivity contribution is -0.313. The standard InChI is InChI=1S/C40H70O13/c1-20(2)27(51-37-34(32(48-7)28(18-41)52-37)53-36-33(49-8)31(45)29(47-6)19-50-36)10-9-21(3)23-16-25(43)35-39(23,5)14-12-30-38(4)13-11-22(42)15-24(38)26(44)17-40(30,35)46/h20-37,41-46H,9-19H2,1-8H3/t21-,22+,23-,24-,25-,26+,27+,28+,29-,30-,31+,32+,33-,34-,35-,36+,37-,38+,39-,40+/m1/s1. The molecule has 6 rings (SSSR count). The third kappa shape index (κ3) is 7.40. The molecule has 6 aliphatic rings. The van der Waals surface area contributed by atoms with E-state index in [1.807, 2.05) is 0 Å². The van der Waals surface area contributed by atoms with Gasteiger partial charge in [-0.15, -0.1) is 0 Å². The first-order valence-electron chi connectivity index (χ1n) is 20.3. The summed E-state index contributed by atoms with van der Waals surface area (Å²) in [5, 5.41) is 67.5. The molecular weight excluding hydrogens is 688 g/mol. The highest BCUT2D eigenvalue weighted by Gasteiger charge is 2.70. The third-order valence-electron chi connectivity index (χ3n) is 15.4. The fraction of sp³-hybridized carbons (Fsp3) is 1.00. The van der Waals surface area contributed by atoms with Gasteiger partial charge in [-0.25, -0.2) is 0 Å². The summed E-state index contributed by atoms with van der Waals surface area (Å²) in [7, 11) is 4.50. The zero-order chi connectivity index (χ0) is 38.6. The van der Waals surface area contributed by atoms with Gasteiger partial charge in [-0.05, 0) is 91.8 Å². The first-order valence-corrected chi connectivity index (χ1v) is 20.3. The van der Waals surface area contributed by atoms with Gasteiger partial charge in [-0.1, -0.05) is 34.6 Å². The molecule has 0 spiro atoms. The van der Waals surface area contributed by atoms with Crippen molar-refractivity contribution in [1.82, 2.24) is 0 Å². The molecular formula is C40H70O13. The smallest absolute Gasteiger partial charge is 0.187 e. The van der Waals surface area contributed by atoms with Crippen LogP contribution >= 0.6 is 0 Å². The van der Waals surface area contributed by atoms with Crippen molar-refractivity contribution in [3.8, 4) is 0 Å². The van der Waals surface area contributed by atoms with E-state index in [0.29, 0.717) is 25.7 Å². The van der Waals surface area contributed by atoms with Crippen molar-refractivity contribution in [2.75, 3.05) is 34.5 Å². The Bertz CT molecular complexity index is 1210. The molecule has 2 heterocycles. The molecule has 53 heavy (non-hydrogen) atoms. The molecule has 13 nitrogen and oxygen atoms in total. The first kappa shape index (κ1) is 42.1. The zero-order valence-corrected chi connectivity index (χ0v) is 33.2. The van der Waals surface area contributed by atoms with Gasteiger partial charge in [0.05, 0.1) is 43.2 Å². The monoisotopic (exact) mass is 758 g/mol. The highest BCUT2D eigenvalue weighted by atomic mass is 16.8. The molecule has 0 unspecified atom stereocenters. The van der Waals surface area contributed by atoms with Crippen LogP contribution in [0.1, 0.15) is 92.4 Å². The second-order valence-corrected chi connectivity index (χ2v) is 18.5. The van der Waals surface area contributed by atoms with Gasteiger partial charge in [0.1, 0.15) is 36.6 Å². The zero-order valence-electron chi connectivity index (χ0n) is 33.2. The third-order valence-corrected chi connectivity index (χ3v) is 15.4. The largest absolute Gasteiger partial charge is 0.394 e. The molecule has 0 aromatic rings. The molecule has 2 aliphatic heterocycles. The van der Waals surface area contributed by atoms with E-state index in [0.717, 1.165) is 25.7 Å². The summed E-state index contributed by atoms with van der Waals surface area (Å²) in [6.07, 6.45) is -2.25. The van der Waals surface area contributed by atoms with Crippen LogP contribution in [0.25, 0.3) is 0 Å². The number of hydrogen-bond donors (Lipinski definition) is 6. The molecule has 0 aromatic carbocycles. The lowest BCUT2D eigenvalue weighted by atomic mass is 9.42. The predicted molar refractivity (Wildman–Crippen MR) is 192 cm³/mol. The average molecular weight is 759 g/mol. The van der Waals surface area contributed by atoms with Gasteiger partial charge in [-0.2, -0.15) is 0 Å². The molecule has 4 aliphatic carbocycles. The number of aliphatic hydroxyl groups is 6. The molecule has 4 saturated carbocycles. The SMILES string of the molecule is CO[C@@H]1[C@@H](O[C@@H]2OC[C@@H](OC)[C@H](O)[C@H]2OC)[C@H](O[C@@H](CC[C@@H](C)[C@H]2C[C@@H](O)[C@@H]3[C@]2(C)CC[C@@H]2[C@@]4(C)CC[C@H](O)C[C@@H]4[C@@H](O)C[C@]23O)C(C)C)O[C@H]1CO. The summed E-state index contributed by atoms with van der Waals surface area (Å²) < 4.78 is 42.0. The van der Waals surface area contributed by atoms with Crippen LogP contribution < -0.4 is 0 Å². The summed E-state index contributed by atoms with van der Waals surface area (Å²) in [6.45, 7) is 10.7. The number of fused-ring (bicyclic) bond motifs is 5. The maximum Gasteiger partial charge on any atom is 0.187 e. The van der Waals surface area contributed by atoms with E-state index >= 15 is 0 Å². The van der Waals surface area contributed by atoms with E-state index in [-0.39, 0.29) is 72.1 Å². The lowest BCUT2D eigenvalue weighted by Crippen LogP contribution is -2.68. The predicted octanol–water partition coefficient (Wildman–Crippen LogP) is 2.38. The van der Waals surface area contributed by atoms with Gasteiger partial charge in [-0.3, -0.25) is 0 Å². The minimum absolute atomic E-state index is 0.0282. The van der Waals surface area contributed by atoms with Crippen LogP contribution in [0.15, 0.2) is 0 Å². The van der Waals surface area contributed by atoms with Crippen molar-refractivity contribution in [3.05, 3.63) is 0 Å². The van der Waals surface area contributed by atoms with Crippen LogP contribution in [0.5, 0.6) is 0 Å². The van der Waals surface area contributed by atoms with E-state index in [1.54, 1.807) is 0 Å². The van der Waals surface area contributed by atoms with E-state index < -0.39 is 73.1 Å². The number of aliphatic hydroxyl groups excluding tert-OH is 5. The van der Waals surface area contributed by atoms with E-state index in [4.69, 9.17) is 33.2 Å². The summed E-state index contributed by atoms with van der Waals surface area (Å²) in [6, 6.07) is 0. The Balaban J connectivity index is 1.14. The van der Waals surface area contributed by atoms with Crippen LogP contribution in [0.3, 0.4) is 0 Å². The summed E-state index contributed by atoms with van der Waals surface area (Å²) in [4.78, 5) is 0. The Labute approximate surface area is 315 Å². The van der Waals surface area contributed by atoms with Crippen molar-refractivity contribution in [1.29, 1.82) is 0 Å². The minimum Gasteiger partial charge on any atom is -0.394 e. The Morgan fingerprint density at radius 2 is 1.51 bits per heavy atom. The van der Waals surface area contributed by atoms with Gasteiger partial charge >= 0.3 is 0 Å². The number of methoxy groups -OCH3 is 3. The Kier molecular flexibility index (Phi) is 13.0. The van der Waals surface area contributed by atoms with Crippen LogP contribution in [-0.4, -0.2) is 144 Å². The quantitative estimate of drug-likeness (QED) is 0.161. The Hall–Kier alpha value is -0.520. The molecule has 2 saturated heterocycles.